The second kappa shape index (κ2) is 6.69. The molecule has 136 valence electrons. The number of alkyl halides is 1. The minimum atomic E-state index is -0.356. The molecular weight excluding hydrogens is 402 g/mol. The third kappa shape index (κ3) is 3.65. The predicted octanol–water partition coefficient (Wildman–Crippen LogP) is 3.68. The first kappa shape index (κ1) is 17.5. The van der Waals surface area contributed by atoms with E-state index in [4.69, 9.17) is 4.74 Å². The van der Waals surface area contributed by atoms with Gasteiger partial charge in [0, 0.05) is 15.7 Å². The third-order valence-corrected chi connectivity index (χ3v) is 7.89. The zero-order chi connectivity index (χ0) is 17.5. The van der Waals surface area contributed by atoms with Crippen molar-refractivity contribution in [2.45, 2.75) is 49.3 Å². The Hall–Kier alpha value is -0.880. The molecular formula is C19H24BrNO3S. The molecule has 1 heterocycles. The van der Waals surface area contributed by atoms with Gasteiger partial charge in [-0.05, 0) is 68.2 Å². The molecule has 6 heteroatoms. The lowest BCUT2D eigenvalue weighted by atomic mass is 9.49. The number of esters is 1. The maximum absolute atomic E-state index is 12.8. The van der Waals surface area contributed by atoms with Crippen LogP contribution in [0.15, 0.2) is 17.5 Å². The number of halogens is 1. The van der Waals surface area contributed by atoms with Crippen molar-refractivity contribution in [1.82, 2.24) is 5.32 Å². The highest BCUT2D eigenvalue weighted by Crippen LogP contribution is 2.64. The van der Waals surface area contributed by atoms with Gasteiger partial charge < -0.3 is 10.1 Å². The molecule has 1 aromatic rings. The number of ether oxygens (including phenoxy) is 1. The number of carbonyl (C=O) groups is 2. The Labute approximate surface area is 160 Å². The Bertz CT molecular complexity index is 646. The molecule has 0 spiro atoms. The van der Waals surface area contributed by atoms with Gasteiger partial charge in [-0.3, -0.25) is 9.59 Å². The summed E-state index contributed by atoms with van der Waals surface area (Å²) >= 11 is 5.59. The van der Waals surface area contributed by atoms with Crippen molar-refractivity contribution in [2.24, 2.45) is 17.3 Å². The largest absolute Gasteiger partial charge is 0.455 e. The SMILES string of the molecule is O=C(COC(=O)C12CC3CC(CC(Br)(C3)C1)C2)NCCc1cccs1. The van der Waals surface area contributed by atoms with Crippen molar-refractivity contribution in [3.63, 3.8) is 0 Å². The molecule has 1 N–H and O–H groups in total. The van der Waals surface area contributed by atoms with Gasteiger partial charge in [-0.2, -0.15) is 0 Å². The summed E-state index contributed by atoms with van der Waals surface area (Å²) in [7, 11) is 0. The number of hydrogen-bond donors (Lipinski definition) is 1. The fourth-order valence-electron chi connectivity index (χ4n) is 5.50. The van der Waals surface area contributed by atoms with E-state index in [0.717, 1.165) is 25.7 Å². The third-order valence-electron chi connectivity index (χ3n) is 6.03. The maximum atomic E-state index is 12.8. The van der Waals surface area contributed by atoms with Gasteiger partial charge >= 0.3 is 5.97 Å². The van der Waals surface area contributed by atoms with Crippen LogP contribution in [-0.2, 0) is 20.7 Å². The lowest BCUT2D eigenvalue weighted by molar-refractivity contribution is -0.171. The molecule has 1 amide bonds. The van der Waals surface area contributed by atoms with Crippen molar-refractivity contribution in [1.29, 1.82) is 0 Å². The van der Waals surface area contributed by atoms with Gasteiger partial charge in [-0.1, -0.05) is 22.0 Å². The van der Waals surface area contributed by atoms with Gasteiger partial charge in [0.15, 0.2) is 6.61 Å². The Balaban J connectivity index is 1.27. The molecule has 4 aliphatic carbocycles. The zero-order valence-electron chi connectivity index (χ0n) is 14.3. The molecule has 4 nitrogen and oxygen atoms in total. The van der Waals surface area contributed by atoms with Gasteiger partial charge in [-0.25, -0.2) is 0 Å². The van der Waals surface area contributed by atoms with E-state index in [1.54, 1.807) is 11.3 Å². The fourth-order valence-corrected chi connectivity index (χ4v) is 7.67. The molecule has 0 saturated heterocycles. The lowest BCUT2D eigenvalue weighted by Crippen LogP contribution is -2.56. The molecule has 0 aromatic carbocycles. The summed E-state index contributed by atoms with van der Waals surface area (Å²) in [5.41, 5.74) is -0.356. The van der Waals surface area contributed by atoms with E-state index in [1.165, 1.54) is 24.1 Å². The van der Waals surface area contributed by atoms with Crippen LogP contribution in [0.25, 0.3) is 0 Å². The minimum absolute atomic E-state index is 0.124. The van der Waals surface area contributed by atoms with Crippen LogP contribution in [0.1, 0.15) is 43.4 Å². The number of nitrogens with one attached hydrogen (secondary N) is 1. The Morgan fingerprint density at radius 3 is 2.68 bits per heavy atom. The smallest absolute Gasteiger partial charge is 0.312 e. The topological polar surface area (TPSA) is 55.4 Å². The minimum Gasteiger partial charge on any atom is -0.455 e. The first-order valence-corrected chi connectivity index (χ1v) is 10.8. The number of amides is 1. The number of carbonyl (C=O) groups excluding carboxylic acids is 2. The number of rotatable bonds is 6. The van der Waals surface area contributed by atoms with Gasteiger partial charge in [0.05, 0.1) is 5.41 Å². The Morgan fingerprint density at radius 2 is 2.04 bits per heavy atom. The quantitative estimate of drug-likeness (QED) is 0.558. The van der Waals surface area contributed by atoms with Crippen LogP contribution < -0.4 is 5.32 Å². The van der Waals surface area contributed by atoms with Crippen LogP contribution in [0.5, 0.6) is 0 Å². The molecule has 4 bridgehead atoms. The normalized spacial score (nSPS) is 35.6. The average molecular weight is 426 g/mol. The highest BCUT2D eigenvalue weighted by molar-refractivity contribution is 9.10. The van der Waals surface area contributed by atoms with Gasteiger partial charge in [0.25, 0.3) is 5.91 Å². The molecule has 25 heavy (non-hydrogen) atoms. The highest BCUT2D eigenvalue weighted by atomic mass is 79.9. The average Bonchev–Trinajstić information content (AvgIpc) is 3.03. The van der Waals surface area contributed by atoms with Crippen LogP contribution >= 0.6 is 27.3 Å². The summed E-state index contributed by atoms with van der Waals surface area (Å²) < 4.78 is 5.58. The number of thiophene rings is 1. The number of hydrogen-bond acceptors (Lipinski definition) is 4. The van der Waals surface area contributed by atoms with Crippen LogP contribution in [0.3, 0.4) is 0 Å². The van der Waals surface area contributed by atoms with Gasteiger partial charge in [-0.15, -0.1) is 11.3 Å². The van der Waals surface area contributed by atoms with E-state index in [2.05, 4.69) is 27.3 Å². The van der Waals surface area contributed by atoms with E-state index < -0.39 is 0 Å². The highest BCUT2D eigenvalue weighted by Gasteiger charge is 2.60. The molecule has 0 radical (unpaired) electrons. The van der Waals surface area contributed by atoms with E-state index in [0.29, 0.717) is 18.4 Å². The Morgan fingerprint density at radius 1 is 1.28 bits per heavy atom. The van der Waals surface area contributed by atoms with Crippen molar-refractivity contribution in [3.8, 4) is 0 Å². The maximum Gasteiger partial charge on any atom is 0.312 e. The monoisotopic (exact) mass is 425 g/mol. The van der Waals surface area contributed by atoms with Crippen molar-refractivity contribution in [3.05, 3.63) is 22.4 Å². The molecule has 1 aromatic heterocycles. The second-order valence-electron chi connectivity index (χ2n) is 8.15. The summed E-state index contributed by atoms with van der Waals surface area (Å²) in [5, 5.41) is 4.87. The Kier molecular flexibility index (Phi) is 4.69. The summed E-state index contributed by atoms with van der Waals surface area (Å²) in [5.74, 6) is 0.905. The second-order valence-corrected chi connectivity index (χ2v) is 10.9. The summed E-state index contributed by atoms with van der Waals surface area (Å²) in [6.07, 6.45) is 7.18. The van der Waals surface area contributed by atoms with Gasteiger partial charge in [0.2, 0.25) is 0 Å². The molecule has 2 atom stereocenters. The predicted molar refractivity (Wildman–Crippen MR) is 101 cm³/mol. The molecule has 0 aliphatic heterocycles. The van der Waals surface area contributed by atoms with Crippen molar-refractivity contribution in [2.75, 3.05) is 13.2 Å². The molecule has 4 saturated carbocycles. The van der Waals surface area contributed by atoms with Crippen molar-refractivity contribution >= 4 is 39.1 Å². The van der Waals surface area contributed by atoms with Crippen LogP contribution in [0.2, 0.25) is 0 Å². The van der Waals surface area contributed by atoms with Crippen LogP contribution in [-0.4, -0.2) is 29.4 Å². The standard InChI is InChI=1S/C19H24BrNO3S/c20-19-9-13-6-14(10-19)8-18(7-13,12-19)17(23)24-11-16(22)21-4-3-15-2-1-5-25-15/h1-2,5,13-14H,3-4,6-12H2,(H,21,22). The van der Waals surface area contributed by atoms with Gasteiger partial charge in [0.1, 0.15) is 0 Å². The first-order chi connectivity index (χ1) is 12.0. The molecule has 2 unspecified atom stereocenters. The van der Waals surface area contributed by atoms with E-state index in [9.17, 15) is 9.59 Å². The molecule has 4 aliphatic rings. The van der Waals surface area contributed by atoms with Crippen molar-refractivity contribution < 1.29 is 14.3 Å². The summed E-state index contributed by atoms with van der Waals surface area (Å²) in [6.45, 7) is 0.423. The lowest BCUT2D eigenvalue weighted by Gasteiger charge is -2.58. The first-order valence-electron chi connectivity index (χ1n) is 9.12. The molecule has 5 rings (SSSR count). The van der Waals surface area contributed by atoms with E-state index >= 15 is 0 Å². The summed E-state index contributed by atoms with van der Waals surface area (Å²) in [6, 6.07) is 4.06. The van der Waals surface area contributed by atoms with E-state index in [-0.39, 0.29) is 28.2 Å². The van der Waals surface area contributed by atoms with Crippen LogP contribution in [0, 0.1) is 17.3 Å². The van der Waals surface area contributed by atoms with E-state index in [1.807, 2.05) is 11.4 Å². The zero-order valence-corrected chi connectivity index (χ0v) is 16.7. The fraction of sp³-hybridized carbons (Fsp3) is 0.684. The molecule has 4 fully saturated rings. The van der Waals surface area contributed by atoms with Crippen LogP contribution in [0.4, 0.5) is 0 Å². The summed E-state index contributed by atoms with van der Waals surface area (Å²) in [4.78, 5) is 26.0.